The van der Waals surface area contributed by atoms with Crippen LogP contribution in [0.25, 0.3) is 0 Å². The molecule has 0 spiro atoms. The number of hydrogen-bond donors (Lipinski definition) is 1. The molecule has 1 aromatic carbocycles. The molecular formula is C21H28BN3O3. The Morgan fingerprint density at radius 2 is 1.93 bits per heavy atom. The molecular weight excluding hydrogens is 353 g/mol. The number of benzene rings is 1. The Kier molecular flexibility index (Phi) is 4.48. The largest absolute Gasteiger partial charge is 0.494 e. The maximum Gasteiger partial charge on any atom is 0.494 e. The minimum absolute atomic E-state index is 0.0491. The molecule has 3 atom stereocenters. The van der Waals surface area contributed by atoms with Crippen LogP contribution in [0.3, 0.4) is 0 Å². The number of aryl methyl sites for hydroxylation is 1. The monoisotopic (exact) mass is 381 g/mol. The fourth-order valence-corrected chi connectivity index (χ4v) is 4.61. The van der Waals surface area contributed by atoms with Gasteiger partial charge >= 0.3 is 7.12 Å². The number of fused-ring (bicyclic) bond motifs is 2. The van der Waals surface area contributed by atoms with Gasteiger partial charge in [0.2, 0.25) is 0 Å². The van der Waals surface area contributed by atoms with Crippen LogP contribution in [0.15, 0.2) is 18.2 Å². The highest BCUT2D eigenvalue weighted by atomic mass is 16.7. The van der Waals surface area contributed by atoms with Crippen LogP contribution in [0, 0.1) is 18.4 Å². The van der Waals surface area contributed by atoms with E-state index in [1.165, 1.54) is 0 Å². The lowest BCUT2D eigenvalue weighted by Gasteiger charge is -2.32. The van der Waals surface area contributed by atoms with Crippen molar-refractivity contribution >= 4 is 18.5 Å². The summed E-state index contributed by atoms with van der Waals surface area (Å²) < 4.78 is 12.2. The molecule has 1 amide bonds. The molecule has 6 nitrogen and oxygen atoms in total. The summed E-state index contributed by atoms with van der Waals surface area (Å²) in [6.45, 7) is 10.1. The molecule has 0 unspecified atom stereocenters. The zero-order valence-corrected chi connectivity index (χ0v) is 17.3. The van der Waals surface area contributed by atoms with Crippen molar-refractivity contribution in [3.63, 3.8) is 0 Å². The predicted octanol–water partition coefficient (Wildman–Crippen LogP) is 2.11. The van der Waals surface area contributed by atoms with E-state index in [1.807, 2.05) is 57.7 Å². The number of nitrogens with zero attached hydrogens (tertiary/aromatic N) is 2. The standard InChI is InChI=1S/C21H28BN3O3/c1-13-10-14(22-27-20(2,3)21(4,5)28-22)6-8-16(13)19(26)24-17-11-15-7-9-18(17)25(15)12-23/h6,8,10,15,17-18H,7,9,11H2,1-5H3,(H,24,26)/t15-,17+,18+/m0/s1. The van der Waals surface area contributed by atoms with Gasteiger partial charge in [0.05, 0.1) is 23.3 Å². The molecule has 3 fully saturated rings. The van der Waals surface area contributed by atoms with Gasteiger partial charge in [0, 0.05) is 11.6 Å². The Morgan fingerprint density at radius 1 is 1.25 bits per heavy atom. The zero-order chi connectivity index (χ0) is 20.3. The van der Waals surface area contributed by atoms with Crippen molar-refractivity contribution in [2.24, 2.45) is 0 Å². The summed E-state index contributed by atoms with van der Waals surface area (Å²) in [5.41, 5.74) is 1.69. The average Bonchev–Trinajstić information content (AvgIpc) is 3.23. The predicted molar refractivity (Wildman–Crippen MR) is 107 cm³/mol. The molecule has 1 N–H and O–H groups in total. The van der Waals surface area contributed by atoms with E-state index in [0.29, 0.717) is 5.56 Å². The first kappa shape index (κ1) is 19.3. The molecule has 4 rings (SSSR count). The lowest BCUT2D eigenvalue weighted by molar-refractivity contribution is 0.00578. The number of nitrogens with one attached hydrogen (secondary N) is 1. The van der Waals surface area contributed by atoms with Crippen molar-refractivity contribution in [3.8, 4) is 6.19 Å². The Balaban J connectivity index is 1.47. The van der Waals surface area contributed by atoms with Gasteiger partial charge in [-0.15, -0.1) is 0 Å². The molecule has 3 saturated heterocycles. The van der Waals surface area contributed by atoms with E-state index in [0.717, 1.165) is 30.3 Å². The molecule has 3 aliphatic rings. The number of rotatable bonds is 3. The molecule has 3 aliphatic heterocycles. The van der Waals surface area contributed by atoms with Gasteiger partial charge in [0.25, 0.3) is 5.91 Å². The molecule has 1 aromatic rings. The van der Waals surface area contributed by atoms with E-state index in [4.69, 9.17) is 9.31 Å². The highest BCUT2D eigenvalue weighted by Crippen LogP contribution is 2.38. The summed E-state index contributed by atoms with van der Waals surface area (Å²) in [5, 5.41) is 12.5. The van der Waals surface area contributed by atoms with Crippen LogP contribution in [0.2, 0.25) is 0 Å². The van der Waals surface area contributed by atoms with Crippen molar-refractivity contribution in [3.05, 3.63) is 29.3 Å². The molecule has 0 radical (unpaired) electrons. The van der Waals surface area contributed by atoms with Crippen molar-refractivity contribution < 1.29 is 14.1 Å². The normalized spacial score (nSPS) is 29.8. The van der Waals surface area contributed by atoms with Gasteiger partial charge in [0.1, 0.15) is 0 Å². The van der Waals surface area contributed by atoms with Crippen LogP contribution in [0.1, 0.15) is 62.9 Å². The summed E-state index contributed by atoms with van der Waals surface area (Å²) in [7, 11) is -0.435. The van der Waals surface area contributed by atoms with Crippen LogP contribution in [-0.2, 0) is 9.31 Å². The van der Waals surface area contributed by atoms with Gasteiger partial charge in [0.15, 0.2) is 6.19 Å². The van der Waals surface area contributed by atoms with Crippen LogP contribution < -0.4 is 10.8 Å². The second-order valence-corrected chi connectivity index (χ2v) is 9.28. The molecule has 0 saturated carbocycles. The van der Waals surface area contributed by atoms with Gasteiger partial charge in [-0.25, -0.2) is 0 Å². The lowest BCUT2D eigenvalue weighted by Crippen LogP contribution is -2.43. The van der Waals surface area contributed by atoms with Gasteiger partial charge in [-0.3, -0.25) is 4.79 Å². The number of nitriles is 1. The molecule has 7 heteroatoms. The summed E-state index contributed by atoms with van der Waals surface area (Å²) in [6.07, 6.45) is 5.17. The minimum Gasteiger partial charge on any atom is -0.399 e. The number of amides is 1. The van der Waals surface area contributed by atoms with Crippen LogP contribution in [-0.4, -0.2) is 47.3 Å². The maximum atomic E-state index is 12.9. The quantitative estimate of drug-likeness (QED) is 0.641. The van der Waals surface area contributed by atoms with Gasteiger partial charge in [-0.05, 0) is 71.0 Å². The van der Waals surface area contributed by atoms with Crippen molar-refractivity contribution in [1.82, 2.24) is 10.2 Å². The van der Waals surface area contributed by atoms with Crippen molar-refractivity contribution in [2.45, 2.75) is 83.2 Å². The third-order valence-electron chi connectivity index (χ3n) is 6.99. The van der Waals surface area contributed by atoms with Crippen molar-refractivity contribution in [1.29, 1.82) is 5.26 Å². The first-order valence-electron chi connectivity index (χ1n) is 10.1. The number of carbonyl (C=O) groups excluding carboxylic acids is 1. The van der Waals surface area contributed by atoms with Gasteiger partial charge < -0.3 is 19.5 Å². The summed E-state index contributed by atoms with van der Waals surface area (Å²) in [4.78, 5) is 14.7. The fraction of sp³-hybridized carbons (Fsp3) is 0.619. The summed E-state index contributed by atoms with van der Waals surface area (Å²) in [6, 6.07) is 6.20. The molecule has 148 valence electrons. The Labute approximate surface area is 167 Å². The third-order valence-corrected chi connectivity index (χ3v) is 6.99. The highest BCUT2D eigenvalue weighted by molar-refractivity contribution is 6.62. The molecule has 0 aromatic heterocycles. The van der Waals surface area contributed by atoms with E-state index in [9.17, 15) is 10.1 Å². The van der Waals surface area contributed by atoms with Crippen LogP contribution >= 0.6 is 0 Å². The molecule has 28 heavy (non-hydrogen) atoms. The molecule has 3 heterocycles. The van der Waals surface area contributed by atoms with Gasteiger partial charge in [-0.1, -0.05) is 12.1 Å². The number of carbonyl (C=O) groups is 1. The topological polar surface area (TPSA) is 74.6 Å². The van der Waals surface area contributed by atoms with E-state index < -0.39 is 18.3 Å². The summed E-state index contributed by atoms with van der Waals surface area (Å²) >= 11 is 0. The Bertz CT molecular complexity index is 832. The lowest BCUT2D eigenvalue weighted by atomic mass is 9.78. The minimum atomic E-state index is -0.435. The second kappa shape index (κ2) is 6.50. The zero-order valence-electron chi connectivity index (χ0n) is 17.3. The van der Waals surface area contributed by atoms with E-state index in [2.05, 4.69) is 11.5 Å². The third kappa shape index (κ3) is 2.99. The van der Waals surface area contributed by atoms with Crippen LogP contribution in [0.5, 0.6) is 0 Å². The summed E-state index contributed by atoms with van der Waals surface area (Å²) in [5.74, 6) is -0.0755. The first-order chi connectivity index (χ1) is 13.1. The first-order valence-corrected chi connectivity index (χ1v) is 10.1. The Hall–Kier alpha value is -2.04. The van der Waals surface area contributed by atoms with E-state index in [1.54, 1.807) is 0 Å². The maximum absolute atomic E-state index is 12.9. The highest BCUT2D eigenvalue weighted by Gasteiger charge is 2.52. The average molecular weight is 381 g/mol. The Morgan fingerprint density at radius 3 is 2.50 bits per heavy atom. The number of hydrogen-bond acceptors (Lipinski definition) is 5. The second-order valence-electron chi connectivity index (χ2n) is 9.28. The van der Waals surface area contributed by atoms with Crippen LogP contribution in [0.4, 0.5) is 0 Å². The van der Waals surface area contributed by atoms with E-state index >= 15 is 0 Å². The molecule has 0 aliphatic carbocycles. The van der Waals surface area contributed by atoms with E-state index in [-0.39, 0.29) is 24.0 Å². The molecule has 2 bridgehead atoms. The van der Waals surface area contributed by atoms with Crippen molar-refractivity contribution in [2.75, 3.05) is 0 Å². The smallest absolute Gasteiger partial charge is 0.399 e. The van der Waals surface area contributed by atoms with Gasteiger partial charge in [-0.2, -0.15) is 5.26 Å². The fourth-order valence-electron chi connectivity index (χ4n) is 4.61. The SMILES string of the molecule is Cc1cc(B2OC(C)(C)C(C)(C)O2)ccc1C(=O)N[C@@H]1C[C@@H]2CC[C@H]1N2C#N.